The molecule has 0 atom stereocenters. The van der Waals surface area contributed by atoms with Gasteiger partial charge in [0.05, 0.1) is 0 Å². The van der Waals surface area contributed by atoms with Crippen molar-refractivity contribution in [1.29, 1.82) is 0 Å². The summed E-state index contributed by atoms with van der Waals surface area (Å²) in [6, 6.07) is 0. The molecular formula is C8H10INO2S. The summed E-state index contributed by atoms with van der Waals surface area (Å²) in [4.78, 5) is 15.4. The van der Waals surface area contributed by atoms with Crippen molar-refractivity contribution in [3.8, 4) is 0 Å². The number of nitrogens with zero attached hydrogens (tertiary/aromatic N) is 1. The maximum atomic E-state index is 11.4. The van der Waals surface area contributed by atoms with Crippen molar-refractivity contribution in [2.45, 2.75) is 26.4 Å². The average Bonchev–Trinajstić information content (AvgIpc) is 2.31. The zero-order chi connectivity index (χ0) is 10.1. The van der Waals surface area contributed by atoms with Crippen molar-refractivity contribution >= 4 is 39.9 Å². The monoisotopic (exact) mass is 311 g/mol. The number of halogens is 1. The van der Waals surface area contributed by atoms with Gasteiger partial charge in [0.15, 0.2) is 8.71 Å². The molecule has 0 aliphatic heterocycles. The molecule has 0 saturated carbocycles. The van der Waals surface area contributed by atoms with Gasteiger partial charge in [-0.3, -0.25) is 0 Å². The Kier molecular flexibility index (Phi) is 3.28. The van der Waals surface area contributed by atoms with E-state index >= 15 is 0 Å². The first-order chi connectivity index (χ1) is 5.88. The highest BCUT2D eigenvalue weighted by molar-refractivity contribution is 14.1. The second kappa shape index (κ2) is 3.91. The Hall–Kier alpha value is -0.170. The molecule has 0 aliphatic carbocycles. The molecule has 3 nitrogen and oxygen atoms in total. The Bertz CT molecular complexity index is 316. The summed E-state index contributed by atoms with van der Waals surface area (Å²) in [7, 11) is 0. The van der Waals surface area contributed by atoms with Crippen molar-refractivity contribution in [3.05, 3.63) is 14.1 Å². The number of thiazole rings is 1. The predicted molar refractivity (Wildman–Crippen MR) is 60.0 cm³/mol. The second-order valence-electron chi connectivity index (χ2n) is 3.49. The number of rotatable bonds is 1. The van der Waals surface area contributed by atoms with Gasteiger partial charge >= 0.3 is 5.97 Å². The number of carbonyl (C=O) groups is 1. The molecule has 0 fully saturated rings. The number of ether oxygens (including phenoxy) is 1. The Balaban J connectivity index is 2.70. The lowest BCUT2D eigenvalue weighted by Crippen LogP contribution is -2.24. The molecule has 0 N–H and O–H groups in total. The van der Waals surface area contributed by atoms with Crippen molar-refractivity contribution in [3.63, 3.8) is 0 Å². The predicted octanol–water partition coefficient (Wildman–Crippen LogP) is 2.70. The van der Waals surface area contributed by atoms with Crippen molar-refractivity contribution < 1.29 is 9.53 Å². The molecule has 0 saturated heterocycles. The number of hydrogen-bond donors (Lipinski definition) is 0. The van der Waals surface area contributed by atoms with Crippen molar-refractivity contribution in [1.82, 2.24) is 4.98 Å². The number of esters is 1. The van der Waals surface area contributed by atoms with Crippen molar-refractivity contribution in [2.75, 3.05) is 0 Å². The first kappa shape index (κ1) is 10.9. The largest absolute Gasteiger partial charge is 0.455 e. The van der Waals surface area contributed by atoms with E-state index in [9.17, 15) is 4.79 Å². The lowest BCUT2D eigenvalue weighted by Gasteiger charge is -2.18. The zero-order valence-corrected chi connectivity index (χ0v) is 10.6. The molecule has 0 aliphatic rings. The molecule has 13 heavy (non-hydrogen) atoms. The summed E-state index contributed by atoms with van der Waals surface area (Å²) in [5.74, 6) is -0.355. The minimum Gasteiger partial charge on any atom is -0.455 e. The third-order valence-electron chi connectivity index (χ3n) is 1.08. The first-order valence-electron chi connectivity index (χ1n) is 3.73. The third-order valence-corrected chi connectivity index (χ3v) is 2.72. The van der Waals surface area contributed by atoms with E-state index < -0.39 is 5.60 Å². The Labute approximate surface area is 94.7 Å². The molecule has 1 aromatic heterocycles. The molecule has 0 radical (unpaired) electrons. The van der Waals surface area contributed by atoms with Gasteiger partial charge in [0.25, 0.3) is 0 Å². The molecule has 0 bridgehead atoms. The van der Waals surface area contributed by atoms with Crippen molar-refractivity contribution in [2.24, 2.45) is 0 Å². The molecular weight excluding hydrogens is 301 g/mol. The standard InChI is InChI=1S/C8H10INO2S/c1-8(2,3)12-6(11)5-4-13-7(9)10-5/h4H,1-3H3. The van der Waals surface area contributed by atoms with Gasteiger partial charge < -0.3 is 4.74 Å². The molecule has 5 heteroatoms. The van der Waals surface area contributed by atoms with Gasteiger partial charge in [-0.1, -0.05) is 0 Å². The van der Waals surface area contributed by atoms with Gasteiger partial charge in [0, 0.05) is 5.38 Å². The van der Waals surface area contributed by atoms with E-state index in [4.69, 9.17) is 4.74 Å². The fraction of sp³-hybridized carbons (Fsp3) is 0.500. The van der Waals surface area contributed by atoms with Crippen LogP contribution in [-0.4, -0.2) is 16.6 Å². The summed E-state index contributed by atoms with van der Waals surface area (Å²) in [6.45, 7) is 5.51. The van der Waals surface area contributed by atoms with E-state index in [-0.39, 0.29) is 5.97 Å². The molecule has 1 heterocycles. The van der Waals surface area contributed by atoms with Crippen LogP contribution in [0.25, 0.3) is 0 Å². The fourth-order valence-corrected chi connectivity index (χ4v) is 1.83. The van der Waals surface area contributed by atoms with Crippen LogP contribution in [0.3, 0.4) is 0 Å². The molecule has 72 valence electrons. The summed E-state index contributed by atoms with van der Waals surface area (Å²) in [6.07, 6.45) is 0. The smallest absolute Gasteiger partial charge is 0.358 e. The minimum absolute atomic E-state index is 0.355. The summed E-state index contributed by atoms with van der Waals surface area (Å²) in [5, 5.41) is 1.70. The lowest BCUT2D eigenvalue weighted by molar-refractivity contribution is 0.00636. The molecule has 0 amide bonds. The van der Waals surface area contributed by atoms with Gasteiger partial charge in [-0.15, -0.1) is 11.3 Å². The highest BCUT2D eigenvalue weighted by Crippen LogP contribution is 2.15. The number of aromatic nitrogens is 1. The summed E-state index contributed by atoms with van der Waals surface area (Å²) >= 11 is 3.50. The molecule has 0 aromatic carbocycles. The third kappa shape index (κ3) is 3.60. The fourth-order valence-electron chi connectivity index (χ4n) is 0.676. The quantitative estimate of drug-likeness (QED) is 0.591. The molecule has 1 aromatic rings. The highest BCUT2D eigenvalue weighted by atomic mass is 127. The molecule has 0 unspecified atom stereocenters. The first-order valence-corrected chi connectivity index (χ1v) is 5.69. The van der Waals surface area contributed by atoms with E-state index in [1.54, 1.807) is 5.38 Å². The minimum atomic E-state index is -0.452. The van der Waals surface area contributed by atoms with Crippen LogP contribution in [0, 0.1) is 3.01 Å². The SMILES string of the molecule is CC(C)(C)OC(=O)c1csc(I)n1. The maximum Gasteiger partial charge on any atom is 0.358 e. The van der Waals surface area contributed by atoms with E-state index in [1.807, 2.05) is 20.8 Å². The summed E-state index contributed by atoms with van der Waals surface area (Å²) in [5.41, 5.74) is -0.0594. The van der Waals surface area contributed by atoms with Gasteiger partial charge in [-0.25, -0.2) is 9.78 Å². The topological polar surface area (TPSA) is 39.2 Å². The highest BCUT2D eigenvalue weighted by Gasteiger charge is 2.19. The Morgan fingerprint density at radius 1 is 1.62 bits per heavy atom. The van der Waals surface area contributed by atoms with E-state index in [1.165, 1.54) is 11.3 Å². The number of carbonyl (C=O) groups excluding carboxylic acids is 1. The maximum absolute atomic E-state index is 11.4. The van der Waals surface area contributed by atoms with E-state index in [2.05, 4.69) is 27.6 Å². The van der Waals surface area contributed by atoms with Crippen LogP contribution in [0.2, 0.25) is 0 Å². The van der Waals surface area contributed by atoms with E-state index in [0.29, 0.717) is 5.69 Å². The Morgan fingerprint density at radius 3 is 2.62 bits per heavy atom. The molecule has 0 spiro atoms. The van der Waals surface area contributed by atoms with Gasteiger partial charge in [0.2, 0.25) is 0 Å². The van der Waals surface area contributed by atoms with Gasteiger partial charge in [-0.2, -0.15) is 0 Å². The van der Waals surface area contributed by atoms with Gasteiger partial charge in [0.1, 0.15) is 5.60 Å². The Morgan fingerprint density at radius 2 is 2.23 bits per heavy atom. The normalized spacial score (nSPS) is 11.4. The lowest BCUT2D eigenvalue weighted by atomic mass is 10.2. The van der Waals surface area contributed by atoms with Crippen LogP contribution < -0.4 is 0 Å². The number of hydrogen-bond acceptors (Lipinski definition) is 4. The molecule has 1 rings (SSSR count). The van der Waals surface area contributed by atoms with Crippen LogP contribution >= 0.6 is 33.9 Å². The second-order valence-corrected chi connectivity index (χ2v) is 6.10. The van der Waals surface area contributed by atoms with E-state index in [0.717, 1.165) is 3.01 Å². The van der Waals surface area contributed by atoms with Crippen LogP contribution in [0.1, 0.15) is 31.3 Å². The van der Waals surface area contributed by atoms with Gasteiger partial charge in [-0.05, 0) is 43.4 Å². The van der Waals surface area contributed by atoms with Crippen LogP contribution in [0.4, 0.5) is 0 Å². The van der Waals surface area contributed by atoms with Crippen LogP contribution in [0.5, 0.6) is 0 Å². The van der Waals surface area contributed by atoms with Crippen LogP contribution in [-0.2, 0) is 4.74 Å². The van der Waals surface area contributed by atoms with Crippen LogP contribution in [0.15, 0.2) is 5.38 Å². The zero-order valence-electron chi connectivity index (χ0n) is 7.63. The summed E-state index contributed by atoms with van der Waals surface area (Å²) < 4.78 is 5.98. The average molecular weight is 311 g/mol.